The van der Waals surface area contributed by atoms with Crippen molar-refractivity contribution in [2.45, 2.75) is 13.8 Å². The number of halogens is 1. The number of aryl methyl sites for hydroxylation is 2. The van der Waals surface area contributed by atoms with Crippen molar-refractivity contribution in [2.75, 3.05) is 11.9 Å². The molecule has 2 amide bonds. The molecule has 0 aliphatic rings. The van der Waals surface area contributed by atoms with Gasteiger partial charge in [0, 0.05) is 22.1 Å². The zero-order valence-electron chi connectivity index (χ0n) is 13.6. The predicted octanol–water partition coefficient (Wildman–Crippen LogP) is 1.87. The largest absolute Gasteiger partial charge is 0.340 e. The van der Waals surface area contributed by atoms with Crippen LogP contribution in [0.2, 0.25) is 0 Å². The van der Waals surface area contributed by atoms with E-state index in [1.54, 1.807) is 18.3 Å². The number of hydrogen-bond acceptors (Lipinski definition) is 5. The molecule has 0 spiro atoms. The van der Waals surface area contributed by atoms with Crippen molar-refractivity contribution in [3.05, 3.63) is 52.0 Å². The van der Waals surface area contributed by atoms with Crippen molar-refractivity contribution >= 4 is 39.2 Å². The van der Waals surface area contributed by atoms with E-state index >= 15 is 0 Å². The molecule has 0 saturated heterocycles. The van der Waals surface area contributed by atoms with Gasteiger partial charge in [-0.05, 0) is 43.7 Å². The summed E-state index contributed by atoms with van der Waals surface area (Å²) in [5.41, 5.74) is 2.41. The summed E-state index contributed by atoms with van der Waals surface area (Å²) < 4.78 is 2.40. The molecule has 2 heterocycles. The molecular weight excluding hydrogens is 388 g/mol. The number of hydrogen-bond donors (Lipinski definition) is 2. The summed E-state index contributed by atoms with van der Waals surface area (Å²) in [4.78, 5) is 32.2. The number of rotatable bonds is 4. The average Bonchev–Trinajstić information content (AvgIpc) is 3.01. The molecule has 0 radical (unpaired) electrons. The van der Waals surface area contributed by atoms with Crippen LogP contribution < -0.4 is 10.6 Å². The second kappa shape index (κ2) is 6.98. The molecule has 0 atom stereocenters. The van der Waals surface area contributed by atoms with Gasteiger partial charge in [0.05, 0.1) is 6.54 Å². The molecular formula is C16H15BrN6O2. The Morgan fingerprint density at radius 3 is 2.76 bits per heavy atom. The van der Waals surface area contributed by atoms with Crippen LogP contribution in [0.4, 0.5) is 5.69 Å². The third-order valence-corrected chi connectivity index (χ3v) is 4.00. The second-order valence-electron chi connectivity index (χ2n) is 5.42. The highest BCUT2D eigenvalue weighted by Gasteiger charge is 2.15. The van der Waals surface area contributed by atoms with Gasteiger partial charge in [-0.3, -0.25) is 9.59 Å². The summed E-state index contributed by atoms with van der Waals surface area (Å²) in [5.74, 6) is -0.570. The Bertz CT molecular complexity index is 968. The minimum atomic E-state index is -0.535. The Morgan fingerprint density at radius 2 is 2.04 bits per heavy atom. The maximum Gasteiger partial charge on any atom is 0.291 e. The van der Waals surface area contributed by atoms with Gasteiger partial charge in [-0.25, -0.2) is 9.50 Å². The fourth-order valence-corrected chi connectivity index (χ4v) is 2.68. The summed E-state index contributed by atoms with van der Waals surface area (Å²) in [6.07, 6.45) is 1.59. The molecule has 8 nitrogen and oxygen atoms in total. The molecule has 25 heavy (non-hydrogen) atoms. The van der Waals surface area contributed by atoms with E-state index in [4.69, 9.17) is 0 Å². The molecule has 128 valence electrons. The molecule has 2 N–H and O–H groups in total. The van der Waals surface area contributed by atoms with Crippen molar-refractivity contribution < 1.29 is 9.59 Å². The molecule has 0 aliphatic carbocycles. The highest BCUT2D eigenvalue weighted by Crippen LogP contribution is 2.19. The number of aromatic nitrogens is 4. The quantitative estimate of drug-likeness (QED) is 0.693. The third kappa shape index (κ3) is 3.82. The smallest absolute Gasteiger partial charge is 0.291 e. The number of fused-ring (bicyclic) bond motifs is 1. The second-order valence-corrected chi connectivity index (χ2v) is 6.34. The predicted molar refractivity (Wildman–Crippen MR) is 95.4 cm³/mol. The number of carbonyl (C=O) groups is 2. The third-order valence-electron chi connectivity index (χ3n) is 3.51. The highest BCUT2D eigenvalue weighted by molar-refractivity contribution is 9.10. The maximum atomic E-state index is 12.1. The number of carbonyl (C=O) groups excluding carboxylic acids is 2. The van der Waals surface area contributed by atoms with Gasteiger partial charge in [0.1, 0.15) is 0 Å². The monoisotopic (exact) mass is 402 g/mol. The van der Waals surface area contributed by atoms with Gasteiger partial charge >= 0.3 is 0 Å². The Morgan fingerprint density at radius 1 is 1.24 bits per heavy atom. The van der Waals surface area contributed by atoms with Crippen molar-refractivity contribution in [2.24, 2.45) is 0 Å². The lowest BCUT2D eigenvalue weighted by Crippen LogP contribution is -2.33. The van der Waals surface area contributed by atoms with Crippen LogP contribution in [-0.4, -0.2) is 37.9 Å². The van der Waals surface area contributed by atoms with Crippen molar-refractivity contribution in [1.29, 1.82) is 0 Å². The first-order valence-corrected chi connectivity index (χ1v) is 8.26. The van der Waals surface area contributed by atoms with Crippen molar-refractivity contribution in [1.82, 2.24) is 24.9 Å². The Balaban J connectivity index is 1.63. The zero-order chi connectivity index (χ0) is 18.0. The van der Waals surface area contributed by atoms with Crippen LogP contribution >= 0.6 is 15.9 Å². The lowest BCUT2D eigenvalue weighted by Gasteiger charge is -2.09. The van der Waals surface area contributed by atoms with Gasteiger partial charge in [0.2, 0.25) is 11.7 Å². The van der Waals surface area contributed by atoms with E-state index in [9.17, 15) is 9.59 Å². The Kier molecular flexibility index (Phi) is 4.75. The Hall–Kier alpha value is -2.81. The van der Waals surface area contributed by atoms with Crippen LogP contribution in [0.1, 0.15) is 21.9 Å². The fraction of sp³-hybridized carbons (Fsp3) is 0.188. The molecule has 0 unspecified atom stereocenters. The van der Waals surface area contributed by atoms with Crippen LogP contribution in [-0.2, 0) is 4.79 Å². The van der Waals surface area contributed by atoms with Crippen LogP contribution in [0.25, 0.3) is 5.78 Å². The van der Waals surface area contributed by atoms with Gasteiger partial charge in [-0.2, -0.15) is 4.98 Å². The molecule has 9 heteroatoms. The van der Waals surface area contributed by atoms with Crippen LogP contribution in [0.3, 0.4) is 0 Å². The molecule has 0 bridgehead atoms. The van der Waals surface area contributed by atoms with Gasteiger partial charge in [0.25, 0.3) is 11.7 Å². The van der Waals surface area contributed by atoms with E-state index in [-0.39, 0.29) is 18.3 Å². The molecule has 3 rings (SSSR count). The molecule has 0 fully saturated rings. The SMILES string of the molecule is Cc1cc(Br)ccc1NC(=O)CNC(=O)c1nc2nccc(C)n2n1. The minimum Gasteiger partial charge on any atom is -0.340 e. The molecule has 3 aromatic rings. The average molecular weight is 403 g/mol. The topological polar surface area (TPSA) is 101 Å². The van der Waals surface area contributed by atoms with E-state index in [2.05, 4.69) is 41.6 Å². The van der Waals surface area contributed by atoms with Gasteiger partial charge in [-0.1, -0.05) is 15.9 Å². The first-order valence-electron chi connectivity index (χ1n) is 7.46. The lowest BCUT2D eigenvalue weighted by atomic mass is 10.2. The number of nitrogens with zero attached hydrogens (tertiary/aromatic N) is 4. The summed E-state index contributed by atoms with van der Waals surface area (Å²) >= 11 is 3.37. The van der Waals surface area contributed by atoms with E-state index < -0.39 is 5.91 Å². The lowest BCUT2D eigenvalue weighted by molar-refractivity contribution is -0.115. The maximum absolute atomic E-state index is 12.1. The summed E-state index contributed by atoms with van der Waals surface area (Å²) in [6, 6.07) is 7.27. The molecule has 0 saturated carbocycles. The normalized spacial score (nSPS) is 10.7. The molecule has 0 aliphatic heterocycles. The first-order chi connectivity index (χ1) is 11.9. The summed E-state index contributed by atoms with van der Waals surface area (Å²) in [6.45, 7) is 3.53. The molecule has 1 aromatic carbocycles. The summed E-state index contributed by atoms with van der Waals surface area (Å²) in [7, 11) is 0. The highest BCUT2D eigenvalue weighted by atomic mass is 79.9. The van der Waals surface area contributed by atoms with E-state index in [0.717, 1.165) is 15.7 Å². The van der Waals surface area contributed by atoms with Crippen LogP contribution in [0.15, 0.2) is 34.9 Å². The standard InChI is InChI=1S/C16H15BrN6O2/c1-9-7-11(17)3-4-12(9)20-13(24)8-19-15(25)14-21-16-18-6-5-10(2)23(16)22-14/h3-7H,8H2,1-2H3,(H,19,25)(H,20,24). The number of anilines is 1. The van der Waals surface area contributed by atoms with Gasteiger partial charge < -0.3 is 10.6 Å². The van der Waals surface area contributed by atoms with Crippen molar-refractivity contribution in [3.63, 3.8) is 0 Å². The Labute approximate surface area is 151 Å². The van der Waals surface area contributed by atoms with Gasteiger partial charge in [0.15, 0.2) is 0 Å². The molecule has 2 aromatic heterocycles. The minimum absolute atomic E-state index is 0.0329. The van der Waals surface area contributed by atoms with E-state index in [0.29, 0.717) is 11.5 Å². The van der Waals surface area contributed by atoms with Crippen molar-refractivity contribution in [3.8, 4) is 0 Å². The first kappa shape index (κ1) is 17.0. The van der Waals surface area contributed by atoms with E-state index in [1.807, 2.05) is 26.0 Å². The number of benzene rings is 1. The number of amides is 2. The number of nitrogens with one attached hydrogen (secondary N) is 2. The van der Waals surface area contributed by atoms with Gasteiger partial charge in [-0.15, -0.1) is 5.10 Å². The van der Waals surface area contributed by atoms with E-state index in [1.165, 1.54) is 4.52 Å². The fourth-order valence-electron chi connectivity index (χ4n) is 2.20. The summed E-state index contributed by atoms with van der Waals surface area (Å²) in [5, 5.41) is 9.34. The van der Waals surface area contributed by atoms with Crippen LogP contribution in [0.5, 0.6) is 0 Å². The van der Waals surface area contributed by atoms with Crippen LogP contribution in [0, 0.1) is 13.8 Å². The zero-order valence-corrected chi connectivity index (χ0v) is 15.2.